The normalized spacial score (nSPS) is 10.4. The van der Waals surface area contributed by atoms with Crippen LogP contribution in [0.2, 0.25) is 5.02 Å². The Kier molecular flexibility index (Phi) is 4.54. The average Bonchev–Trinajstić information content (AvgIpc) is 2.35. The lowest BCUT2D eigenvalue weighted by molar-refractivity contribution is 0.471. The van der Waals surface area contributed by atoms with E-state index in [0.717, 1.165) is 15.7 Å². The zero-order chi connectivity index (χ0) is 13.1. The van der Waals surface area contributed by atoms with Crippen molar-refractivity contribution in [2.45, 2.75) is 6.54 Å². The van der Waals surface area contributed by atoms with Crippen LogP contribution in [0.5, 0.6) is 5.75 Å². The molecule has 5 heteroatoms. The van der Waals surface area contributed by atoms with Gasteiger partial charge in [0, 0.05) is 6.54 Å². The number of halogens is 3. The molecule has 0 spiro atoms. The third-order valence-electron chi connectivity index (χ3n) is 2.45. The number of phenolic OH excluding ortho intramolecular Hbond substituents is 1. The van der Waals surface area contributed by atoms with Crippen LogP contribution in [-0.4, -0.2) is 5.11 Å². The quantitative estimate of drug-likeness (QED) is 0.755. The molecule has 18 heavy (non-hydrogen) atoms. The van der Waals surface area contributed by atoms with E-state index in [1.54, 1.807) is 6.07 Å². The standard InChI is InChI=1S/C13H10Br2ClNO/c14-9-6-8(4-5-12(9)18)7-17-11-3-1-2-10(16)13(11)15/h1-6,17-18H,7H2. The van der Waals surface area contributed by atoms with Crippen molar-refractivity contribution in [1.29, 1.82) is 0 Å². The van der Waals surface area contributed by atoms with Crippen LogP contribution in [0.3, 0.4) is 0 Å². The van der Waals surface area contributed by atoms with Gasteiger partial charge in [0.25, 0.3) is 0 Å². The highest BCUT2D eigenvalue weighted by Gasteiger charge is 2.04. The van der Waals surface area contributed by atoms with E-state index in [0.29, 0.717) is 16.0 Å². The highest BCUT2D eigenvalue weighted by Crippen LogP contribution is 2.31. The Morgan fingerprint density at radius 3 is 2.67 bits per heavy atom. The Hall–Kier alpha value is -0.710. The van der Waals surface area contributed by atoms with Gasteiger partial charge in [-0.3, -0.25) is 0 Å². The summed E-state index contributed by atoms with van der Waals surface area (Å²) >= 11 is 12.7. The highest BCUT2D eigenvalue weighted by molar-refractivity contribution is 9.11. The van der Waals surface area contributed by atoms with Gasteiger partial charge in [-0.15, -0.1) is 0 Å². The fraction of sp³-hybridized carbons (Fsp3) is 0.0769. The number of benzene rings is 2. The molecule has 2 rings (SSSR count). The molecule has 0 amide bonds. The lowest BCUT2D eigenvalue weighted by atomic mass is 10.2. The van der Waals surface area contributed by atoms with Crippen molar-refractivity contribution in [3.63, 3.8) is 0 Å². The van der Waals surface area contributed by atoms with Crippen LogP contribution in [-0.2, 0) is 6.54 Å². The smallest absolute Gasteiger partial charge is 0.129 e. The number of hydrogen-bond donors (Lipinski definition) is 2. The van der Waals surface area contributed by atoms with Gasteiger partial charge in [0.05, 0.1) is 19.7 Å². The zero-order valence-electron chi connectivity index (χ0n) is 9.25. The SMILES string of the molecule is Oc1ccc(CNc2cccc(Cl)c2Br)cc1Br. The summed E-state index contributed by atoms with van der Waals surface area (Å²) in [5, 5.41) is 13.4. The molecule has 0 saturated heterocycles. The summed E-state index contributed by atoms with van der Waals surface area (Å²) in [7, 11) is 0. The van der Waals surface area contributed by atoms with Crippen molar-refractivity contribution >= 4 is 49.1 Å². The maximum atomic E-state index is 9.42. The van der Waals surface area contributed by atoms with Crippen LogP contribution in [0.25, 0.3) is 0 Å². The van der Waals surface area contributed by atoms with Crippen LogP contribution in [0.4, 0.5) is 5.69 Å². The summed E-state index contributed by atoms with van der Waals surface area (Å²) in [5.74, 6) is 0.239. The summed E-state index contributed by atoms with van der Waals surface area (Å²) in [6.07, 6.45) is 0. The first-order chi connectivity index (χ1) is 8.58. The Balaban J connectivity index is 2.11. The van der Waals surface area contributed by atoms with Crippen molar-refractivity contribution in [2.75, 3.05) is 5.32 Å². The second kappa shape index (κ2) is 5.95. The van der Waals surface area contributed by atoms with E-state index in [9.17, 15) is 5.11 Å². The van der Waals surface area contributed by atoms with Gasteiger partial charge in [0.1, 0.15) is 5.75 Å². The molecule has 0 aliphatic heterocycles. The van der Waals surface area contributed by atoms with Crippen molar-refractivity contribution in [3.8, 4) is 5.75 Å². The first-order valence-electron chi connectivity index (χ1n) is 5.23. The molecule has 2 N–H and O–H groups in total. The molecular formula is C13H10Br2ClNO. The first-order valence-corrected chi connectivity index (χ1v) is 7.19. The number of hydrogen-bond acceptors (Lipinski definition) is 2. The van der Waals surface area contributed by atoms with Gasteiger partial charge < -0.3 is 10.4 Å². The molecule has 0 unspecified atom stereocenters. The summed E-state index contributed by atoms with van der Waals surface area (Å²) in [6, 6.07) is 11.1. The van der Waals surface area contributed by atoms with Gasteiger partial charge in [-0.1, -0.05) is 23.7 Å². The molecular weight excluding hydrogens is 381 g/mol. The largest absolute Gasteiger partial charge is 0.507 e. The minimum Gasteiger partial charge on any atom is -0.507 e. The van der Waals surface area contributed by atoms with Gasteiger partial charge in [-0.25, -0.2) is 0 Å². The van der Waals surface area contributed by atoms with Crippen molar-refractivity contribution < 1.29 is 5.11 Å². The Labute approximate surface area is 127 Å². The number of anilines is 1. The van der Waals surface area contributed by atoms with E-state index in [1.165, 1.54) is 0 Å². The Morgan fingerprint density at radius 2 is 1.94 bits per heavy atom. The van der Waals surface area contributed by atoms with Crippen molar-refractivity contribution in [3.05, 3.63) is 55.9 Å². The minimum absolute atomic E-state index is 0.239. The summed E-state index contributed by atoms with van der Waals surface area (Å²) in [4.78, 5) is 0. The van der Waals surface area contributed by atoms with Crippen LogP contribution in [0, 0.1) is 0 Å². The van der Waals surface area contributed by atoms with Gasteiger partial charge in [0.2, 0.25) is 0 Å². The molecule has 0 aromatic heterocycles. The number of aromatic hydroxyl groups is 1. The third kappa shape index (κ3) is 3.19. The van der Waals surface area contributed by atoms with Crippen LogP contribution >= 0.6 is 43.5 Å². The number of nitrogens with one attached hydrogen (secondary N) is 1. The van der Waals surface area contributed by atoms with Crippen molar-refractivity contribution in [1.82, 2.24) is 0 Å². The second-order valence-corrected chi connectivity index (χ2v) is 5.80. The van der Waals surface area contributed by atoms with E-state index in [2.05, 4.69) is 37.2 Å². The van der Waals surface area contributed by atoms with E-state index in [1.807, 2.05) is 30.3 Å². The maximum Gasteiger partial charge on any atom is 0.129 e. The third-order valence-corrected chi connectivity index (χ3v) is 4.48. The monoisotopic (exact) mass is 389 g/mol. The molecule has 2 aromatic carbocycles. The van der Waals surface area contributed by atoms with Gasteiger partial charge in [-0.2, -0.15) is 0 Å². The zero-order valence-corrected chi connectivity index (χ0v) is 13.2. The van der Waals surface area contributed by atoms with Gasteiger partial charge in [0.15, 0.2) is 0 Å². The molecule has 0 aliphatic rings. The number of phenols is 1. The summed E-state index contributed by atoms with van der Waals surface area (Å²) in [5.41, 5.74) is 2.00. The Bertz CT molecular complexity index is 575. The molecule has 0 heterocycles. The lowest BCUT2D eigenvalue weighted by Crippen LogP contribution is -2.00. The maximum absolute atomic E-state index is 9.42. The van der Waals surface area contributed by atoms with Crippen LogP contribution in [0.15, 0.2) is 45.3 Å². The average molecular weight is 391 g/mol. The van der Waals surface area contributed by atoms with Crippen LogP contribution < -0.4 is 5.32 Å². The predicted octanol–water partition coefficient (Wildman–Crippen LogP) is 5.18. The van der Waals surface area contributed by atoms with Gasteiger partial charge in [-0.05, 0) is 61.7 Å². The van der Waals surface area contributed by atoms with E-state index < -0.39 is 0 Å². The van der Waals surface area contributed by atoms with Crippen molar-refractivity contribution in [2.24, 2.45) is 0 Å². The molecule has 94 valence electrons. The van der Waals surface area contributed by atoms with Gasteiger partial charge >= 0.3 is 0 Å². The molecule has 2 aromatic rings. The second-order valence-electron chi connectivity index (χ2n) is 3.74. The molecule has 0 saturated carbocycles. The summed E-state index contributed by atoms with van der Waals surface area (Å²) < 4.78 is 1.54. The summed E-state index contributed by atoms with van der Waals surface area (Å²) in [6.45, 7) is 0.651. The topological polar surface area (TPSA) is 32.3 Å². The fourth-order valence-corrected chi connectivity index (χ4v) is 2.50. The minimum atomic E-state index is 0.239. The fourth-order valence-electron chi connectivity index (χ4n) is 1.50. The molecule has 0 aliphatic carbocycles. The molecule has 0 atom stereocenters. The van der Waals surface area contributed by atoms with E-state index in [-0.39, 0.29) is 5.75 Å². The van der Waals surface area contributed by atoms with E-state index in [4.69, 9.17) is 11.6 Å². The Morgan fingerprint density at radius 1 is 1.17 bits per heavy atom. The lowest BCUT2D eigenvalue weighted by Gasteiger charge is -2.10. The molecule has 2 nitrogen and oxygen atoms in total. The molecule has 0 radical (unpaired) electrons. The first kappa shape index (κ1) is 13.7. The van der Waals surface area contributed by atoms with E-state index >= 15 is 0 Å². The van der Waals surface area contributed by atoms with Crippen LogP contribution in [0.1, 0.15) is 5.56 Å². The molecule has 0 fully saturated rings. The molecule has 0 bridgehead atoms. The number of rotatable bonds is 3. The highest BCUT2D eigenvalue weighted by atomic mass is 79.9. The predicted molar refractivity (Wildman–Crippen MR) is 82.3 cm³/mol.